The summed E-state index contributed by atoms with van der Waals surface area (Å²) >= 11 is 5.00. The van der Waals surface area contributed by atoms with E-state index in [0.29, 0.717) is 17.9 Å². The van der Waals surface area contributed by atoms with Crippen molar-refractivity contribution in [1.82, 2.24) is 0 Å². The second kappa shape index (κ2) is 7.47. The summed E-state index contributed by atoms with van der Waals surface area (Å²) in [6.45, 7) is 0. The number of carbonyl (C=O) groups excluding carboxylic acids is 1. The molecular weight excluding hydrogens is 355 g/mol. The van der Waals surface area contributed by atoms with Crippen LogP contribution in [0.1, 0.15) is 6.42 Å². The molecule has 6 heteroatoms. The van der Waals surface area contributed by atoms with E-state index in [1.165, 1.54) is 18.2 Å². The van der Waals surface area contributed by atoms with Gasteiger partial charge in [-0.2, -0.15) is 0 Å². The van der Waals surface area contributed by atoms with Gasteiger partial charge in [0.25, 0.3) is 0 Å². The van der Waals surface area contributed by atoms with E-state index in [1.807, 2.05) is 24.3 Å². The number of halogens is 2. The average molecular weight is 369 g/mol. The van der Waals surface area contributed by atoms with Crippen LogP contribution in [0.25, 0.3) is 0 Å². The number of nitrogens with two attached hydrogens (primary N) is 1. The van der Waals surface area contributed by atoms with Gasteiger partial charge in [-0.25, -0.2) is 4.39 Å². The summed E-state index contributed by atoms with van der Waals surface area (Å²) in [6, 6.07) is 11.8. The van der Waals surface area contributed by atoms with Crippen LogP contribution in [0.5, 0.6) is 0 Å². The molecule has 0 heterocycles. The van der Waals surface area contributed by atoms with Crippen LogP contribution in [0.4, 0.5) is 15.8 Å². The van der Waals surface area contributed by atoms with Crippen LogP contribution in [-0.2, 0) is 4.79 Å². The molecule has 0 atom stereocenters. The lowest BCUT2D eigenvalue weighted by Crippen LogP contribution is -2.13. The number of anilines is 2. The van der Waals surface area contributed by atoms with Crippen LogP contribution in [0.3, 0.4) is 0 Å². The molecule has 0 bridgehead atoms. The molecule has 0 saturated heterocycles. The molecule has 0 spiro atoms. The van der Waals surface area contributed by atoms with Crippen molar-refractivity contribution in [3.05, 3.63) is 52.8 Å². The molecule has 0 unspecified atom stereocenters. The van der Waals surface area contributed by atoms with Crippen molar-refractivity contribution in [2.24, 2.45) is 0 Å². The molecular formula is C15H14BrFN2OS. The predicted octanol–water partition coefficient (Wildman–Crippen LogP) is 4.29. The minimum atomic E-state index is -0.421. The van der Waals surface area contributed by atoms with Crippen LogP contribution >= 0.6 is 27.7 Å². The molecule has 0 aliphatic heterocycles. The quantitative estimate of drug-likeness (QED) is 0.611. The van der Waals surface area contributed by atoms with E-state index < -0.39 is 5.82 Å². The van der Waals surface area contributed by atoms with Crippen LogP contribution < -0.4 is 11.1 Å². The molecule has 0 aliphatic rings. The van der Waals surface area contributed by atoms with Crippen molar-refractivity contribution in [3.8, 4) is 0 Å². The third-order valence-corrected chi connectivity index (χ3v) is 4.17. The second-order valence-electron chi connectivity index (χ2n) is 4.34. The monoisotopic (exact) mass is 368 g/mol. The molecule has 0 saturated carbocycles. The zero-order valence-corrected chi connectivity index (χ0v) is 13.5. The molecule has 2 aromatic carbocycles. The lowest BCUT2D eigenvalue weighted by molar-refractivity contribution is -0.115. The maximum atomic E-state index is 12.9. The minimum Gasteiger partial charge on any atom is -0.397 e. The number of hydrogen-bond acceptors (Lipinski definition) is 3. The lowest BCUT2D eigenvalue weighted by atomic mass is 10.2. The lowest BCUT2D eigenvalue weighted by Gasteiger charge is -2.08. The first-order chi connectivity index (χ1) is 10.0. The molecule has 110 valence electrons. The van der Waals surface area contributed by atoms with E-state index in [9.17, 15) is 9.18 Å². The Hall–Kier alpha value is -1.53. The summed E-state index contributed by atoms with van der Waals surface area (Å²) < 4.78 is 13.9. The fourth-order valence-electron chi connectivity index (χ4n) is 1.68. The fraction of sp³-hybridized carbons (Fsp3) is 0.133. The van der Waals surface area contributed by atoms with Crippen LogP contribution in [0, 0.1) is 5.82 Å². The Morgan fingerprint density at radius 3 is 2.81 bits per heavy atom. The number of carbonyl (C=O) groups is 1. The molecule has 1 amide bonds. The van der Waals surface area contributed by atoms with Gasteiger partial charge in [-0.3, -0.25) is 4.79 Å². The van der Waals surface area contributed by atoms with Crippen molar-refractivity contribution in [2.45, 2.75) is 11.3 Å². The van der Waals surface area contributed by atoms with Gasteiger partial charge in [0.05, 0.1) is 11.4 Å². The van der Waals surface area contributed by atoms with Crippen LogP contribution in [-0.4, -0.2) is 11.7 Å². The Morgan fingerprint density at radius 2 is 2.10 bits per heavy atom. The molecule has 0 aromatic heterocycles. The number of benzene rings is 2. The minimum absolute atomic E-state index is 0.143. The van der Waals surface area contributed by atoms with Crippen molar-refractivity contribution in [2.75, 3.05) is 16.8 Å². The maximum Gasteiger partial charge on any atom is 0.225 e. The van der Waals surface area contributed by atoms with Gasteiger partial charge in [0.2, 0.25) is 5.91 Å². The first-order valence-electron chi connectivity index (χ1n) is 6.28. The predicted molar refractivity (Wildman–Crippen MR) is 88.9 cm³/mol. The Kier molecular flexibility index (Phi) is 5.64. The summed E-state index contributed by atoms with van der Waals surface area (Å²) in [6.07, 6.45) is 0.355. The van der Waals surface area contributed by atoms with Gasteiger partial charge in [0.1, 0.15) is 5.82 Å². The van der Waals surface area contributed by atoms with Gasteiger partial charge in [0.15, 0.2) is 0 Å². The van der Waals surface area contributed by atoms with E-state index in [4.69, 9.17) is 5.73 Å². The SMILES string of the molecule is Nc1cc(F)ccc1NC(=O)CCSc1cccc(Br)c1. The number of nitrogens with one attached hydrogen (secondary N) is 1. The highest BCUT2D eigenvalue weighted by Gasteiger charge is 2.06. The van der Waals surface area contributed by atoms with Crippen LogP contribution in [0.2, 0.25) is 0 Å². The third kappa shape index (κ3) is 5.06. The summed E-state index contributed by atoms with van der Waals surface area (Å²) in [5.41, 5.74) is 6.30. The van der Waals surface area contributed by atoms with E-state index in [-0.39, 0.29) is 11.6 Å². The zero-order valence-electron chi connectivity index (χ0n) is 11.1. The Labute approximate surface area is 135 Å². The third-order valence-electron chi connectivity index (χ3n) is 2.68. The van der Waals surface area contributed by atoms with Gasteiger partial charge in [0, 0.05) is 21.5 Å². The topological polar surface area (TPSA) is 55.1 Å². The summed E-state index contributed by atoms with van der Waals surface area (Å²) in [5, 5.41) is 2.68. The molecule has 3 N–H and O–H groups in total. The summed E-state index contributed by atoms with van der Waals surface area (Å²) in [4.78, 5) is 12.9. The highest BCUT2D eigenvalue weighted by molar-refractivity contribution is 9.10. The number of amides is 1. The Bertz CT molecular complexity index is 651. The maximum absolute atomic E-state index is 12.9. The standard InChI is InChI=1S/C15H14BrFN2OS/c16-10-2-1-3-12(8-10)21-7-6-15(20)19-14-5-4-11(17)9-13(14)18/h1-5,8-9H,6-7,18H2,(H,19,20). The zero-order chi connectivity index (χ0) is 15.2. The van der Waals surface area contributed by atoms with Crippen LogP contribution in [0.15, 0.2) is 51.8 Å². The van der Waals surface area contributed by atoms with Crippen molar-refractivity contribution in [1.29, 1.82) is 0 Å². The molecule has 0 radical (unpaired) electrons. The highest BCUT2D eigenvalue weighted by Crippen LogP contribution is 2.23. The molecule has 0 aliphatic carbocycles. The molecule has 0 fully saturated rings. The normalized spacial score (nSPS) is 10.4. The van der Waals surface area contributed by atoms with Crippen molar-refractivity contribution >= 4 is 45.0 Å². The number of thioether (sulfide) groups is 1. The second-order valence-corrected chi connectivity index (χ2v) is 6.42. The number of nitrogen functional groups attached to an aromatic ring is 1. The van der Waals surface area contributed by atoms with E-state index >= 15 is 0 Å². The van der Waals surface area contributed by atoms with Gasteiger partial charge >= 0.3 is 0 Å². The van der Waals surface area contributed by atoms with Crippen molar-refractivity contribution < 1.29 is 9.18 Å². The Balaban J connectivity index is 1.82. The average Bonchev–Trinajstić information content (AvgIpc) is 2.42. The smallest absolute Gasteiger partial charge is 0.225 e. The molecule has 2 rings (SSSR count). The first kappa shape index (κ1) is 15.9. The van der Waals surface area contributed by atoms with Gasteiger partial charge in [-0.1, -0.05) is 22.0 Å². The molecule has 21 heavy (non-hydrogen) atoms. The van der Waals surface area contributed by atoms with Gasteiger partial charge < -0.3 is 11.1 Å². The van der Waals surface area contributed by atoms with E-state index in [1.54, 1.807) is 11.8 Å². The summed E-state index contributed by atoms with van der Waals surface area (Å²) in [5.74, 6) is 0.0927. The van der Waals surface area contributed by atoms with Gasteiger partial charge in [-0.05, 0) is 36.4 Å². The molecule has 2 aromatic rings. The number of rotatable bonds is 5. The van der Waals surface area contributed by atoms with Crippen molar-refractivity contribution in [3.63, 3.8) is 0 Å². The van der Waals surface area contributed by atoms with E-state index in [2.05, 4.69) is 21.2 Å². The number of hydrogen-bond donors (Lipinski definition) is 2. The fourth-order valence-corrected chi connectivity index (χ4v) is 3.14. The van der Waals surface area contributed by atoms with E-state index in [0.717, 1.165) is 9.37 Å². The molecule has 3 nitrogen and oxygen atoms in total. The first-order valence-corrected chi connectivity index (χ1v) is 8.06. The highest BCUT2D eigenvalue weighted by atomic mass is 79.9. The van der Waals surface area contributed by atoms with Gasteiger partial charge in [-0.15, -0.1) is 11.8 Å². The summed E-state index contributed by atoms with van der Waals surface area (Å²) in [7, 11) is 0. The Morgan fingerprint density at radius 1 is 1.29 bits per heavy atom. The largest absolute Gasteiger partial charge is 0.397 e.